The van der Waals surface area contributed by atoms with Crippen LogP contribution >= 0.6 is 11.6 Å². The molecule has 104 valence electrons. The van der Waals surface area contributed by atoms with Crippen LogP contribution in [0.2, 0.25) is 5.02 Å². The van der Waals surface area contributed by atoms with E-state index in [-0.39, 0.29) is 0 Å². The van der Waals surface area contributed by atoms with E-state index < -0.39 is 0 Å². The summed E-state index contributed by atoms with van der Waals surface area (Å²) in [5.74, 6) is 0.506. The molecule has 0 saturated carbocycles. The zero-order valence-electron chi connectivity index (χ0n) is 11.3. The van der Waals surface area contributed by atoms with Crippen molar-refractivity contribution < 1.29 is 0 Å². The molecule has 6 heteroatoms. The fraction of sp³-hybridized carbons (Fsp3) is 0.0667. The van der Waals surface area contributed by atoms with Gasteiger partial charge in [0.2, 0.25) is 5.95 Å². The second-order valence-electron chi connectivity index (χ2n) is 4.43. The smallest absolute Gasteiger partial charge is 0.227 e. The lowest BCUT2D eigenvalue weighted by Gasteiger charge is -2.07. The summed E-state index contributed by atoms with van der Waals surface area (Å²) in [6.07, 6.45) is 3.35. The van der Waals surface area contributed by atoms with E-state index in [9.17, 15) is 0 Å². The summed E-state index contributed by atoms with van der Waals surface area (Å²) in [4.78, 5) is 8.71. The Bertz CT molecular complexity index is 775. The van der Waals surface area contributed by atoms with Crippen molar-refractivity contribution in [3.8, 4) is 11.3 Å². The highest BCUT2D eigenvalue weighted by Gasteiger charge is 2.06. The van der Waals surface area contributed by atoms with Crippen molar-refractivity contribution in [3.05, 3.63) is 59.5 Å². The highest BCUT2D eigenvalue weighted by molar-refractivity contribution is 6.30. The highest BCUT2D eigenvalue weighted by atomic mass is 35.5. The van der Waals surface area contributed by atoms with Gasteiger partial charge in [-0.1, -0.05) is 17.7 Å². The molecule has 1 N–H and O–H groups in total. The summed E-state index contributed by atoms with van der Waals surface area (Å²) in [5, 5.41) is 11.7. The summed E-state index contributed by atoms with van der Waals surface area (Å²) in [7, 11) is 0. The molecule has 0 fully saturated rings. The highest BCUT2D eigenvalue weighted by Crippen LogP contribution is 2.22. The largest absolute Gasteiger partial charge is 0.324 e. The molecule has 0 bridgehead atoms. The molecule has 21 heavy (non-hydrogen) atoms. The molecule has 1 aromatic carbocycles. The van der Waals surface area contributed by atoms with Gasteiger partial charge in [-0.25, -0.2) is 9.97 Å². The molecular formula is C15H12ClN5. The minimum Gasteiger partial charge on any atom is -0.324 e. The van der Waals surface area contributed by atoms with E-state index in [1.165, 1.54) is 0 Å². The van der Waals surface area contributed by atoms with Gasteiger partial charge in [0, 0.05) is 22.5 Å². The zero-order valence-corrected chi connectivity index (χ0v) is 12.0. The molecule has 3 rings (SSSR count). The Balaban J connectivity index is 1.92. The summed E-state index contributed by atoms with van der Waals surface area (Å²) >= 11 is 5.96. The van der Waals surface area contributed by atoms with Crippen molar-refractivity contribution in [2.45, 2.75) is 6.92 Å². The first kappa shape index (κ1) is 13.5. The maximum Gasteiger partial charge on any atom is 0.227 e. The second-order valence-corrected chi connectivity index (χ2v) is 4.87. The molecule has 0 saturated heterocycles. The third-order valence-electron chi connectivity index (χ3n) is 2.92. The summed E-state index contributed by atoms with van der Waals surface area (Å²) in [6.45, 7) is 1.90. The number of hydrogen-bond donors (Lipinski definition) is 1. The Hall–Kier alpha value is -2.53. The topological polar surface area (TPSA) is 63.6 Å². The number of aryl methyl sites for hydroxylation is 1. The number of nitrogens with one attached hydrogen (secondary N) is 1. The number of hydrogen-bond acceptors (Lipinski definition) is 5. The van der Waals surface area contributed by atoms with Crippen LogP contribution in [0.15, 0.2) is 48.8 Å². The van der Waals surface area contributed by atoms with Crippen LogP contribution in [0.1, 0.15) is 5.69 Å². The van der Waals surface area contributed by atoms with Crippen LogP contribution in [0.5, 0.6) is 0 Å². The monoisotopic (exact) mass is 297 g/mol. The van der Waals surface area contributed by atoms with Crippen LogP contribution in [0.3, 0.4) is 0 Å². The van der Waals surface area contributed by atoms with Gasteiger partial charge < -0.3 is 5.32 Å². The normalized spacial score (nSPS) is 10.4. The average Bonchev–Trinajstić information content (AvgIpc) is 2.48. The third kappa shape index (κ3) is 3.14. The third-order valence-corrected chi connectivity index (χ3v) is 3.15. The fourth-order valence-corrected chi connectivity index (χ4v) is 2.13. The van der Waals surface area contributed by atoms with E-state index in [0.717, 1.165) is 22.6 Å². The van der Waals surface area contributed by atoms with Crippen LogP contribution in [0, 0.1) is 6.92 Å². The van der Waals surface area contributed by atoms with E-state index in [1.807, 2.05) is 43.3 Å². The maximum atomic E-state index is 5.96. The minimum absolute atomic E-state index is 0.506. The molecule has 2 heterocycles. The molecule has 3 aromatic rings. The molecule has 0 spiro atoms. The molecule has 0 aliphatic heterocycles. The fourth-order valence-electron chi connectivity index (χ4n) is 1.94. The summed E-state index contributed by atoms with van der Waals surface area (Å²) in [6, 6.07) is 11.1. The Kier molecular flexibility index (Phi) is 3.75. The van der Waals surface area contributed by atoms with Gasteiger partial charge in [-0.3, -0.25) is 0 Å². The van der Waals surface area contributed by atoms with Crippen molar-refractivity contribution in [2.24, 2.45) is 0 Å². The number of rotatable bonds is 3. The van der Waals surface area contributed by atoms with Crippen molar-refractivity contribution in [1.29, 1.82) is 0 Å². The predicted molar refractivity (Wildman–Crippen MR) is 82.5 cm³/mol. The molecule has 0 amide bonds. The van der Waals surface area contributed by atoms with Crippen molar-refractivity contribution in [1.82, 2.24) is 20.2 Å². The Morgan fingerprint density at radius 1 is 1.10 bits per heavy atom. The second kappa shape index (κ2) is 5.85. The van der Waals surface area contributed by atoms with E-state index in [2.05, 4.69) is 25.5 Å². The Labute approximate surface area is 127 Å². The van der Waals surface area contributed by atoms with Gasteiger partial charge in [-0.15, -0.1) is 0 Å². The van der Waals surface area contributed by atoms with Gasteiger partial charge >= 0.3 is 0 Å². The Morgan fingerprint density at radius 3 is 2.81 bits per heavy atom. The predicted octanol–water partition coefficient (Wildman–Crippen LogP) is 3.64. The molecule has 0 aliphatic carbocycles. The SMILES string of the molecule is Cc1nnccc1-c1ccnc(Nc2cccc(Cl)c2)n1. The molecule has 0 unspecified atom stereocenters. The first-order valence-corrected chi connectivity index (χ1v) is 6.74. The van der Waals surface area contributed by atoms with Crippen LogP contribution < -0.4 is 5.32 Å². The van der Waals surface area contributed by atoms with Crippen molar-refractivity contribution >= 4 is 23.2 Å². The molecule has 0 aliphatic rings. The van der Waals surface area contributed by atoms with Crippen LogP contribution in [-0.4, -0.2) is 20.2 Å². The Morgan fingerprint density at radius 2 is 2.00 bits per heavy atom. The number of anilines is 2. The quantitative estimate of drug-likeness (QED) is 0.799. The molecule has 2 aromatic heterocycles. The molecule has 0 atom stereocenters. The maximum absolute atomic E-state index is 5.96. The standard InChI is InChI=1S/C15H12ClN5/c1-10-13(5-8-18-21-10)14-6-7-17-15(20-14)19-12-4-2-3-11(16)9-12/h2-9H,1H3,(H,17,19,20). The molecule has 0 radical (unpaired) electrons. The number of benzene rings is 1. The number of nitrogens with zero attached hydrogens (tertiary/aromatic N) is 4. The molecular weight excluding hydrogens is 286 g/mol. The van der Waals surface area contributed by atoms with E-state index in [0.29, 0.717) is 11.0 Å². The van der Waals surface area contributed by atoms with Crippen LogP contribution in [0.4, 0.5) is 11.6 Å². The van der Waals surface area contributed by atoms with Gasteiger partial charge in [-0.2, -0.15) is 10.2 Å². The first-order valence-electron chi connectivity index (χ1n) is 6.37. The van der Waals surface area contributed by atoms with E-state index >= 15 is 0 Å². The number of halogens is 1. The zero-order chi connectivity index (χ0) is 14.7. The van der Waals surface area contributed by atoms with Gasteiger partial charge in [0.25, 0.3) is 0 Å². The van der Waals surface area contributed by atoms with Gasteiger partial charge in [0.1, 0.15) is 0 Å². The number of aromatic nitrogens is 4. The van der Waals surface area contributed by atoms with Gasteiger partial charge in [0.15, 0.2) is 0 Å². The van der Waals surface area contributed by atoms with Crippen LogP contribution in [-0.2, 0) is 0 Å². The minimum atomic E-state index is 0.506. The van der Waals surface area contributed by atoms with Gasteiger partial charge in [0.05, 0.1) is 17.6 Å². The lowest BCUT2D eigenvalue weighted by atomic mass is 10.1. The van der Waals surface area contributed by atoms with E-state index in [1.54, 1.807) is 12.4 Å². The lowest BCUT2D eigenvalue weighted by Crippen LogP contribution is -1.99. The van der Waals surface area contributed by atoms with Crippen molar-refractivity contribution in [3.63, 3.8) is 0 Å². The van der Waals surface area contributed by atoms with Crippen LogP contribution in [0.25, 0.3) is 11.3 Å². The van der Waals surface area contributed by atoms with Crippen molar-refractivity contribution in [2.75, 3.05) is 5.32 Å². The van der Waals surface area contributed by atoms with Gasteiger partial charge in [-0.05, 0) is 37.3 Å². The first-order chi connectivity index (χ1) is 10.2. The summed E-state index contributed by atoms with van der Waals surface area (Å²) < 4.78 is 0. The lowest BCUT2D eigenvalue weighted by molar-refractivity contribution is 0.979. The average molecular weight is 298 g/mol. The van der Waals surface area contributed by atoms with E-state index in [4.69, 9.17) is 11.6 Å². The summed E-state index contributed by atoms with van der Waals surface area (Å²) in [5.41, 5.74) is 3.39. The molecule has 5 nitrogen and oxygen atoms in total.